The van der Waals surface area contributed by atoms with Crippen LogP contribution < -0.4 is 5.32 Å². The standard InChI is InChI=1S/C19H22N2O3/c22-19(23)15-3-1-2-14(10-15)18-5-4-16(24-18)11-20-17-12-21-8-6-13(17)7-9-21/h1-5,10,13,17,20H,6-9,11-12H2,(H,22,23). The zero-order valence-electron chi connectivity index (χ0n) is 13.6. The van der Waals surface area contributed by atoms with Crippen LogP contribution in [0.5, 0.6) is 0 Å². The van der Waals surface area contributed by atoms with Gasteiger partial charge in [-0.2, -0.15) is 0 Å². The van der Waals surface area contributed by atoms with Crippen molar-refractivity contribution in [1.82, 2.24) is 10.2 Å². The van der Waals surface area contributed by atoms with Crippen LogP contribution in [0.3, 0.4) is 0 Å². The highest BCUT2D eigenvalue weighted by molar-refractivity contribution is 5.89. The number of nitrogens with zero attached hydrogens (tertiary/aromatic N) is 1. The first-order valence-electron chi connectivity index (χ1n) is 8.57. The number of hydrogen-bond donors (Lipinski definition) is 2. The molecule has 2 N–H and O–H groups in total. The van der Waals surface area contributed by atoms with Crippen LogP contribution in [0, 0.1) is 5.92 Å². The summed E-state index contributed by atoms with van der Waals surface area (Å²) >= 11 is 0. The summed E-state index contributed by atoms with van der Waals surface area (Å²) in [5.74, 6) is 1.47. The fourth-order valence-electron chi connectivity index (χ4n) is 3.86. The highest BCUT2D eigenvalue weighted by Crippen LogP contribution is 2.28. The molecule has 5 heteroatoms. The van der Waals surface area contributed by atoms with E-state index in [2.05, 4.69) is 10.2 Å². The highest BCUT2D eigenvalue weighted by Gasteiger charge is 2.33. The second kappa shape index (κ2) is 6.42. The summed E-state index contributed by atoms with van der Waals surface area (Å²) in [6.07, 6.45) is 2.59. The molecule has 0 aliphatic carbocycles. The van der Waals surface area contributed by atoms with Gasteiger partial charge in [0.15, 0.2) is 0 Å². The number of aromatic carboxylic acids is 1. The lowest BCUT2D eigenvalue weighted by atomic mass is 9.84. The number of rotatable bonds is 5. The first-order chi connectivity index (χ1) is 11.7. The van der Waals surface area contributed by atoms with E-state index >= 15 is 0 Å². The van der Waals surface area contributed by atoms with Crippen molar-refractivity contribution in [2.24, 2.45) is 5.92 Å². The molecule has 5 nitrogen and oxygen atoms in total. The third kappa shape index (κ3) is 3.09. The number of carboxylic acids is 1. The summed E-state index contributed by atoms with van der Waals surface area (Å²) in [6.45, 7) is 4.34. The lowest BCUT2D eigenvalue weighted by Gasteiger charge is -2.45. The lowest BCUT2D eigenvalue weighted by Crippen LogP contribution is -2.55. The van der Waals surface area contributed by atoms with Gasteiger partial charge in [0.1, 0.15) is 11.5 Å². The molecule has 0 amide bonds. The Morgan fingerprint density at radius 1 is 1.25 bits per heavy atom. The molecule has 2 aromatic rings. The average molecular weight is 326 g/mol. The zero-order valence-corrected chi connectivity index (χ0v) is 13.6. The van der Waals surface area contributed by atoms with E-state index in [1.165, 1.54) is 25.9 Å². The van der Waals surface area contributed by atoms with Gasteiger partial charge < -0.3 is 19.7 Å². The summed E-state index contributed by atoms with van der Waals surface area (Å²) in [6, 6.07) is 11.3. The minimum absolute atomic E-state index is 0.274. The van der Waals surface area contributed by atoms with E-state index in [9.17, 15) is 4.79 Å². The second-order valence-electron chi connectivity index (χ2n) is 6.78. The van der Waals surface area contributed by atoms with Crippen LogP contribution in [0.15, 0.2) is 40.8 Å². The number of carboxylic acid groups (broad SMARTS) is 1. The topological polar surface area (TPSA) is 65.7 Å². The zero-order chi connectivity index (χ0) is 16.5. The van der Waals surface area contributed by atoms with Gasteiger partial charge in [0.2, 0.25) is 0 Å². The minimum atomic E-state index is -0.923. The maximum Gasteiger partial charge on any atom is 0.335 e. The normalized spacial score (nSPS) is 25.8. The van der Waals surface area contributed by atoms with E-state index in [4.69, 9.17) is 9.52 Å². The molecule has 0 radical (unpaired) electrons. The minimum Gasteiger partial charge on any atom is -0.478 e. The number of hydrogen-bond acceptors (Lipinski definition) is 4. The molecule has 0 saturated carbocycles. The summed E-state index contributed by atoms with van der Waals surface area (Å²) in [5.41, 5.74) is 1.07. The van der Waals surface area contributed by atoms with Gasteiger partial charge in [-0.15, -0.1) is 0 Å². The fourth-order valence-corrected chi connectivity index (χ4v) is 3.86. The van der Waals surface area contributed by atoms with Crippen LogP contribution in [0.25, 0.3) is 11.3 Å². The lowest BCUT2D eigenvalue weighted by molar-refractivity contribution is 0.0697. The smallest absolute Gasteiger partial charge is 0.335 e. The SMILES string of the molecule is O=C(O)c1cccc(-c2ccc(CNC3CN4CCC3CC4)o2)c1. The van der Waals surface area contributed by atoms with Gasteiger partial charge in [-0.3, -0.25) is 0 Å². The molecule has 1 aromatic heterocycles. The number of fused-ring (bicyclic) bond motifs is 3. The quantitative estimate of drug-likeness (QED) is 0.884. The van der Waals surface area contributed by atoms with Crippen molar-refractivity contribution in [3.8, 4) is 11.3 Å². The van der Waals surface area contributed by atoms with E-state index in [0.717, 1.165) is 23.8 Å². The molecule has 1 atom stereocenters. The molecule has 1 unspecified atom stereocenters. The van der Waals surface area contributed by atoms with Crippen LogP contribution in [-0.4, -0.2) is 41.7 Å². The van der Waals surface area contributed by atoms with Crippen LogP contribution in [0.2, 0.25) is 0 Å². The maximum atomic E-state index is 11.1. The third-order valence-corrected chi connectivity index (χ3v) is 5.25. The van der Waals surface area contributed by atoms with Crippen molar-refractivity contribution >= 4 is 5.97 Å². The number of carbonyl (C=O) groups is 1. The molecular formula is C19H22N2O3. The van der Waals surface area contributed by atoms with Gasteiger partial charge in [0.05, 0.1) is 12.1 Å². The molecule has 3 aliphatic rings. The first kappa shape index (κ1) is 15.4. The average Bonchev–Trinajstić information content (AvgIpc) is 3.10. The number of nitrogens with one attached hydrogen (secondary N) is 1. The van der Waals surface area contributed by atoms with Crippen molar-refractivity contribution in [3.05, 3.63) is 47.7 Å². The Bertz CT molecular complexity index is 732. The fraction of sp³-hybridized carbons (Fsp3) is 0.421. The van der Waals surface area contributed by atoms with E-state index in [1.807, 2.05) is 18.2 Å². The van der Waals surface area contributed by atoms with Gasteiger partial charge in [-0.1, -0.05) is 12.1 Å². The van der Waals surface area contributed by atoms with Crippen molar-refractivity contribution in [3.63, 3.8) is 0 Å². The van der Waals surface area contributed by atoms with Crippen LogP contribution in [0.4, 0.5) is 0 Å². The Balaban J connectivity index is 1.42. The van der Waals surface area contributed by atoms with Gasteiger partial charge >= 0.3 is 5.97 Å². The summed E-state index contributed by atoms with van der Waals surface area (Å²) in [7, 11) is 0. The van der Waals surface area contributed by atoms with Gasteiger partial charge in [0, 0.05) is 18.2 Å². The first-order valence-corrected chi connectivity index (χ1v) is 8.57. The summed E-state index contributed by atoms with van der Waals surface area (Å²) in [4.78, 5) is 13.6. The van der Waals surface area contributed by atoms with Gasteiger partial charge in [-0.25, -0.2) is 4.79 Å². The molecule has 3 aliphatic heterocycles. The van der Waals surface area contributed by atoms with E-state index in [0.29, 0.717) is 18.3 Å². The Morgan fingerprint density at radius 3 is 2.79 bits per heavy atom. The van der Waals surface area contributed by atoms with Crippen LogP contribution in [0.1, 0.15) is 29.0 Å². The van der Waals surface area contributed by atoms with Gasteiger partial charge in [-0.05, 0) is 56.1 Å². The molecule has 0 spiro atoms. The molecule has 4 heterocycles. The van der Waals surface area contributed by atoms with E-state index in [1.54, 1.807) is 18.2 Å². The van der Waals surface area contributed by atoms with Crippen molar-refractivity contribution in [2.75, 3.05) is 19.6 Å². The molecular weight excluding hydrogens is 304 g/mol. The van der Waals surface area contributed by atoms with E-state index < -0.39 is 5.97 Å². The predicted octanol–water partition coefficient (Wildman–Crippen LogP) is 2.83. The molecule has 3 saturated heterocycles. The largest absolute Gasteiger partial charge is 0.478 e. The Kier molecular flexibility index (Phi) is 4.12. The van der Waals surface area contributed by atoms with Gasteiger partial charge in [0.25, 0.3) is 0 Å². The number of furan rings is 1. The maximum absolute atomic E-state index is 11.1. The highest BCUT2D eigenvalue weighted by atomic mass is 16.4. The van der Waals surface area contributed by atoms with Crippen molar-refractivity contribution < 1.29 is 14.3 Å². The van der Waals surface area contributed by atoms with Crippen LogP contribution >= 0.6 is 0 Å². The Labute approximate surface area is 141 Å². The van der Waals surface area contributed by atoms with Crippen LogP contribution in [-0.2, 0) is 6.54 Å². The summed E-state index contributed by atoms with van der Waals surface area (Å²) < 4.78 is 5.91. The molecule has 5 rings (SSSR count). The molecule has 3 fully saturated rings. The molecule has 2 bridgehead atoms. The Morgan fingerprint density at radius 2 is 2.08 bits per heavy atom. The van der Waals surface area contributed by atoms with Crippen molar-refractivity contribution in [2.45, 2.75) is 25.4 Å². The van der Waals surface area contributed by atoms with E-state index in [-0.39, 0.29) is 5.56 Å². The summed E-state index contributed by atoms with van der Waals surface area (Å²) in [5, 5.41) is 12.7. The molecule has 24 heavy (non-hydrogen) atoms. The molecule has 126 valence electrons. The molecule has 1 aromatic carbocycles. The number of piperidine rings is 3. The number of benzene rings is 1. The van der Waals surface area contributed by atoms with Crippen molar-refractivity contribution in [1.29, 1.82) is 0 Å². The second-order valence-corrected chi connectivity index (χ2v) is 6.78. The predicted molar refractivity (Wildman–Crippen MR) is 90.9 cm³/mol. The monoisotopic (exact) mass is 326 g/mol. The Hall–Kier alpha value is -2.11. The third-order valence-electron chi connectivity index (χ3n) is 5.25.